The number of nitro groups is 1. The van der Waals surface area contributed by atoms with Crippen LogP contribution in [-0.4, -0.2) is 27.6 Å². The highest BCUT2D eigenvalue weighted by molar-refractivity contribution is 5.85. The second kappa shape index (κ2) is 6.67. The number of aromatic nitrogens is 1. The van der Waals surface area contributed by atoms with E-state index in [4.69, 9.17) is 9.84 Å². The van der Waals surface area contributed by atoms with E-state index in [1.54, 1.807) is 0 Å². The fourth-order valence-electron chi connectivity index (χ4n) is 1.46. The van der Waals surface area contributed by atoms with Gasteiger partial charge in [0.05, 0.1) is 11.5 Å². The van der Waals surface area contributed by atoms with E-state index in [2.05, 4.69) is 18.8 Å². The summed E-state index contributed by atoms with van der Waals surface area (Å²) in [6, 6.07) is 2.18. The lowest BCUT2D eigenvalue weighted by Crippen LogP contribution is -2.07. The van der Waals surface area contributed by atoms with Crippen molar-refractivity contribution in [2.45, 2.75) is 26.7 Å². The number of carboxylic acids is 1. The van der Waals surface area contributed by atoms with Crippen molar-refractivity contribution >= 4 is 11.7 Å². The summed E-state index contributed by atoms with van der Waals surface area (Å²) in [6.45, 7) is 4.40. The number of carbonyl (C=O) groups is 1. The second-order valence-corrected chi connectivity index (χ2v) is 4.47. The van der Waals surface area contributed by atoms with Crippen LogP contribution in [0.25, 0.3) is 0 Å². The van der Waals surface area contributed by atoms with Crippen molar-refractivity contribution in [3.63, 3.8) is 0 Å². The van der Waals surface area contributed by atoms with E-state index in [-0.39, 0.29) is 23.9 Å². The Morgan fingerprint density at radius 2 is 2.21 bits per heavy atom. The highest BCUT2D eigenvalue weighted by atomic mass is 16.6. The van der Waals surface area contributed by atoms with E-state index >= 15 is 0 Å². The molecular weight excluding hydrogens is 252 g/mol. The van der Waals surface area contributed by atoms with Gasteiger partial charge >= 0.3 is 11.7 Å². The third kappa shape index (κ3) is 4.53. The van der Waals surface area contributed by atoms with Crippen LogP contribution in [0.4, 0.5) is 5.69 Å². The van der Waals surface area contributed by atoms with Gasteiger partial charge in [0.1, 0.15) is 0 Å². The van der Waals surface area contributed by atoms with Crippen LogP contribution >= 0.6 is 0 Å². The Labute approximate surface area is 110 Å². The summed E-state index contributed by atoms with van der Waals surface area (Å²) in [4.78, 5) is 24.6. The predicted molar refractivity (Wildman–Crippen MR) is 67.4 cm³/mol. The number of hydrogen-bond acceptors (Lipinski definition) is 5. The van der Waals surface area contributed by atoms with Gasteiger partial charge in [-0.1, -0.05) is 13.8 Å². The molecule has 0 aliphatic heterocycles. The number of rotatable bonds is 7. The van der Waals surface area contributed by atoms with Crippen molar-refractivity contribution in [1.82, 2.24) is 4.98 Å². The summed E-state index contributed by atoms with van der Waals surface area (Å²) in [6.07, 6.45) is 1.65. The van der Waals surface area contributed by atoms with Crippen LogP contribution in [0.2, 0.25) is 0 Å². The van der Waals surface area contributed by atoms with Gasteiger partial charge in [-0.15, -0.1) is 0 Å². The molecule has 0 bridgehead atoms. The first kappa shape index (κ1) is 14.9. The van der Waals surface area contributed by atoms with Gasteiger partial charge in [-0.2, -0.15) is 0 Å². The lowest BCUT2D eigenvalue weighted by molar-refractivity contribution is -0.386. The highest BCUT2D eigenvalue weighted by Crippen LogP contribution is 2.24. The molecule has 0 fully saturated rings. The molecule has 1 aromatic rings. The molecule has 0 spiro atoms. The average molecular weight is 268 g/mol. The van der Waals surface area contributed by atoms with E-state index in [1.165, 1.54) is 0 Å². The first-order chi connectivity index (χ1) is 8.91. The molecule has 7 nitrogen and oxygen atoms in total. The van der Waals surface area contributed by atoms with Gasteiger partial charge in [-0.25, -0.2) is 9.78 Å². The number of pyridine rings is 1. The van der Waals surface area contributed by atoms with Crippen LogP contribution in [0, 0.1) is 16.0 Å². The van der Waals surface area contributed by atoms with Gasteiger partial charge in [-0.3, -0.25) is 10.1 Å². The van der Waals surface area contributed by atoms with Crippen LogP contribution in [0.5, 0.6) is 5.88 Å². The quantitative estimate of drug-likeness (QED) is 0.463. The molecule has 104 valence electrons. The molecule has 1 N–H and O–H groups in total. The van der Waals surface area contributed by atoms with Gasteiger partial charge < -0.3 is 9.84 Å². The predicted octanol–water partition coefficient (Wildman–Crippen LogP) is 2.50. The molecule has 0 aromatic carbocycles. The zero-order chi connectivity index (χ0) is 14.4. The van der Waals surface area contributed by atoms with Crippen LogP contribution < -0.4 is 4.74 Å². The van der Waals surface area contributed by atoms with Crippen LogP contribution in [-0.2, 0) is 0 Å². The Hall–Kier alpha value is -2.18. The van der Waals surface area contributed by atoms with Gasteiger partial charge in [0, 0.05) is 6.07 Å². The van der Waals surface area contributed by atoms with Gasteiger partial charge in [0.25, 0.3) is 5.88 Å². The molecule has 0 saturated heterocycles. The van der Waals surface area contributed by atoms with Crippen molar-refractivity contribution < 1.29 is 19.6 Å². The summed E-state index contributed by atoms with van der Waals surface area (Å²) in [7, 11) is 0. The highest BCUT2D eigenvalue weighted by Gasteiger charge is 2.19. The Bertz CT molecular complexity index is 473. The summed E-state index contributed by atoms with van der Waals surface area (Å²) >= 11 is 0. The summed E-state index contributed by atoms with van der Waals surface area (Å²) < 4.78 is 5.22. The van der Waals surface area contributed by atoms with E-state index < -0.39 is 10.9 Å². The molecule has 7 heteroatoms. The molecule has 0 radical (unpaired) electrons. The van der Waals surface area contributed by atoms with Crippen molar-refractivity contribution in [1.29, 1.82) is 0 Å². The lowest BCUT2D eigenvalue weighted by Gasteiger charge is -2.07. The van der Waals surface area contributed by atoms with Gasteiger partial charge in [-0.05, 0) is 24.8 Å². The molecule has 19 heavy (non-hydrogen) atoms. The normalized spacial score (nSPS) is 10.5. The Morgan fingerprint density at radius 1 is 1.53 bits per heavy atom. The topological polar surface area (TPSA) is 103 Å². The first-order valence-corrected chi connectivity index (χ1v) is 5.93. The summed E-state index contributed by atoms with van der Waals surface area (Å²) in [5.41, 5.74) is -0.598. The Balaban J connectivity index is 2.80. The fourth-order valence-corrected chi connectivity index (χ4v) is 1.46. The third-order valence-electron chi connectivity index (χ3n) is 2.42. The number of aromatic carboxylic acids is 1. The Morgan fingerprint density at radius 3 is 2.74 bits per heavy atom. The minimum absolute atomic E-state index is 0.242. The minimum Gasteiger partial charge on any atom is -0.477 e. The SMILES string of the molecule is CC(C)CCCOc1nc(C(=O)O)ccc1[N+](=O)[O-]. The number of hydrogen-bond donors (Lipinski definition) is 1. The van der Waals surface area contributed by atoms with E-state index in [0.717, 1.165) is 25.0 Å². The van der Waals surface area contributed by atoms with Crippen LogP contribution in [0.15, 0.2) is 12.1 Å². The standard InChI is InChI=1S/C12H16N2O5/c1-8(2)4-3-7-19-11-10(14(17)18)6-5-9(13-11)12(15)16/h5-6,8H,3-4,7H2,1-2H3,(H,15,16). The smallest absolute Gasteiger partial charge is 0.354 e. The van der Waals surface area contributed by atoms with E-state index in [1.807, 2.05) is 0 Å². The molecule has 0 unspecified atom stereocenters. The van der Waals surface area contributed by atoms with Crippen molar-refractivity contribution in [2.24, 2.45) is 5.92 Å². The first-order valence-electron chi connectivity index (χ1n) is 5.93. The molecular formula is C12H16N2O5. The molecule has 0 atom stereocenters. The molecule has 0 aliphatic rings. The minimum atomic E-state index is -1.25. The number of carboxylic acid groups (broad SMARTS) is 1. The average Bonchev–Trinajstić information content (AvgIpc) is 2.33. The largest absolute Gasteiger partial charge is 0.477 e. The molecule has 0 amide bonds. The monoisotopic (exact) mass is 268 g/mol. The summed E-state index contributed by atoms with van der Waals surface area (Å²) in [5.74, 6) is -0.979. The van der Waals surface area contributed by atoms with E-state index in [0.29, 0.717) is 5.92 Å². The van der Waals surface area contributed by atoms with Crippen molar-refractivity contribution in [2.75, 3.05) is 6.61 Å². The van der Waals surface area contributed by atoms with Gasteiger partial charge in [0.15, 0.2) is 5.69 Å². The maximum absolute atomic E-state index is 10.8. The van der Waals surface area contributed by atoms with Crippen molar-refractivity contribution in [3.05, 3.63) is 27.9 Å². The van der Waals surface area contributed by atoms with Crippen LogP contribution in [0.1, 0.15) is 37.2 Å². The van der Waals surface area contributed by atoms with Gasteiger partial charge in [0.2, 0.25) is 0 Å². The Kier molecular flexibility index (Phi) is 5.23. The molecule has 0 saturated carbocycles. The second-order valence-electron chi connectivity index (χ2n) is 4.47. The zero-order valence-corrected chi connectivity index (χ0v) is 10.8. The summed E-state index contributed by atoms with van der Waals surface area (Å²) in [5, 5.41) is 19.6. The molecule has 1 heterocycles. The number of ether oxygens (including phenoxy) is 1. The maximum atomic E-state index is 10.8. The van der Waals surface area contributed by atoms with Crippen molar-refractivity contribution in [3.8, 4) is 5.88 Å². The molecule has 1 aromatic heterocycles. The van der Waals surface area contributed by atoms with Crippen LogP contribution in [0.3, 0.4) is 0 Å². The maximum Gasteiger partial charge on any atom is 0.354 e. The fraction of sp³-hybridized carbons (Fsp3) is 0.500. The third-order valence-corrected chi connectivity index (χ3v) is 2.42. The number of nitrogens with zero attached hydrogens (tertiary/aromatic N) is 2. The molecule has 0 aliphatic carbocycles. The van der Waals surface area contributed by atoms with E-state index in [9.17, 15) is 14.9 Å². The zero-order valence-electron chi connectivity index (χ0n) is 10.8. The molecule has 1 rings (SSSR count). The lowest BCUT2D eigenvalue weighted by atomic mass is 10.1.